The van der Waals surface area contributed by atoms with Crippen LogP contribution in [0.15, 0.2) is 53.5 Å². The van der Waals surface area contributed by atoms with E-state index < -0.39 is 5.54 Å². The number of amides is 1. The molecule has 1 amide bonds. The number of phenolic OH excluding ortho intramolecular Hbond substituents is 1. The molecule has 1 atom stereocenters. The molecule has 5 heteroatoms. The van der Waals surface area contributed by atoms with E-state index in [4.69, 9.17) is 10.7 Å². The predicted octanol–water partition coefficient (Wildman–Crippen LogP) is 3.37. The second-order valence-corrected chi connectivity index (χ2v) is 7.90. The predicted molar refractivity (Wildman–Crippen MR) is 104 cm³/mol. The number of hydrogen-bond donors (Lipinski definition) is 2. The van der Waals surface area contributed by atoms with Crippen molar-refractivity contribution in [1.82, 2.24) is 4.90 Å². The molecule has 2 fully saturated rings. The van der Waals surface area contributed by atoms with Gasteiger partial charge in [-0.1, -0.05) is 30.3 Å². The van der Waals surface area contributed by atoms with Crippen LogP contribution < -0.4 is 5.73 Å². The first-order valence-electron chi connectivity index (χ1n) is 9.68. The molecule has 138 valence electrons. The van der Waals surface area contributed by atoms with Crippen molar-refractivity contribution >= 4 is 11.9 Å². The third-order valence-electron chi connectivity index (χ3n) is 6.17. The van der Waals surface area contributed by atoms with E-state index in [1.807, 2.05) is 36.4 Å². The fourth-order valence-corrected chi connectivity index (χ4v) is 4.38. The Balaban J connectivity index is 1.59. The summed E-state index contributed by atoms with van der Waals surface area (Å²) >= 11 is 0. The van der Waals surface area contributed by atoms with Crippen LogP contribution in [-0.2, 0) is 10.3 Å². The topological polar surface area (TPSA) is 78.9 Å². The molecule has 3 N–H and O–H groups in total. The average molecular weight is 361 g/mol. The molecule has 0 aromatic heterocycles. The van der Waals surface area contributed by atoms with Gasteiger partial charge < -0.3 is 10.8 Å². The van der Waals surface area contributed by atoms with Gasteiger partial charge in [0, 0.05) is 6.04 Å². The van der Waals surface area contributed by atoms with Crippen LogP contribution in [0.1, 0.15) is 37.7 Å². The lowest BCUT2D eigenvalue weighted by molar-refractivity contribution is -0.135. The van der Waals surface area contributed by atoms with Crippen LogP contribution in [0.2, 0.25) is 0 Å². The third-order valence-corrected chi connectivity index (χ3v) is 6.17. The number of phenols is 1. The van der Waals surface area contributed by atoms with E-state index >= 15 is 0 Å². The summed E-state index contributed by atoms with van der Waals surface area (Å²) in [4.78, 5) is 20.1. The smallest absolute Gasteiger partial charge is 0.262 e. The van der Waals surface area contributed by atoms with Gasteiger partial charge in [-0.15, -0.1) is 0 Å². The monoisotopic (exact) mass is 361 g/mol. The first-order chi connectivity index (χ1) is 13.1. The Hall–Kier alpha value is -2.82. The van der Waals surface area contributed by atoms with Crippen molar-refractivity contribution in [2.24, 2.45) is 16.6 Å². The first-order valence-corrected chi connectivity index (χ1v) is 9.68. The lowest BCUT2D eigenvalue weighted by atomic mass is 9.82. The minimum atomic E-state index is -0.882. The van der Waals surface area contributed by atoms with E-state index in [0.29, 0.717) is 5.96 Å². The van der Waals surface area contributed by atoms with E-state index in [1.165, 1.54) is 0 Å². The lowest BCUT2D eigenvalue weighted by Crippen LogP contribution is -2.51. The maximum absolute atomic E-state index is 13.5. The molecule has 1 heterocycles. The molecule has 2 saturated carbocycles. The Morgan fingerprint density at radius 3 is 2.37 bits per heavy atom. The first kappa shape index (κ1) is 16.4. The van der Waals surface area contributed by atoms with Crippen molar-refractivity contribution in [2.75, 3.05) is 0 Å². The number of aromatic hydroxyl groups is 1. The Labute approximate surface area is 158 Å². The van der Waals surface area contributed by atoms with Gasteiger partial charge in [0.05, 0.1) is 0 Å². The van der Waals surface area contributed by atoms with Gasteiger partial charge in [0.2, 0.25) is 0 Å². The van der Waals surface area contributed by atoms with E-state index in [9.17, 15) is 9.90 Å². The molecule has 2 aromatic rings. The summed E-state index contributed by atoms with van der Waals surface area (Å²) in [6.45, 7) is 0. The summed E-state index contributed by atoms with van der Waals surface area (Å²) in [6, 6.07) is 15.4. The standard InChI is InChI=1S/C22H23N3O2/c23-21-24-22(16-10-11-16,20(27)25(21)18-7-3-8-18)17-6-1-4-14(12-17)15-5-2-9-19(26)13-15/h1-2,4-6,9,12-13,16,18,26H,3,7-8,10-11H2,(H2,23,24). The number of benzene rings is 2. The molecule has 0 bridgehead atoms. The Kier molecular flexibility index (Phi) is 3.54. The molecular weight excluding hydrogens is 338 g/mol. The molecule has 0 spiro atoms. The summed E-state index contributed by atoms with van der Waals surface area (Å²) in [5.41, 5.74) is 8.15. The number of nitrogens with two attached hydrogens (primary N) is 1. The van der Waals surface area contributed by atoms with Crippen molar-refractivity contribution < 1.29 is 9.90 Å². The molecule has 2 aromatic carbocycles. The average Bonchev–Trinajstić information content (AvgIpc) is 3.44. The van der Waals surface area contributed by atoms with Gasteiger partial charge >= 0.3 is 0 Å². The number of carbonyl (C=O) groups is 1. The minimum Gasteiger partial charge on any atom is -0.508 e. The van der Waals surface area contributed by atoms with Crippen LogP contribution in [-0.4, -0.2) is 27.9 Å². The van der Waals surface area contributed by atoms with Crippen LogP contribution in [0.5, 0.6) is 5.75 Å². The highest BCUT2D eigenvalue weighted by atomic mass is 16.3. The van der Waals surface area contributed by atoms with Gasteiger partial charge in [-0.25, -0.2) is 4.99 Å². The summed E-state index contributed by atoms with van der Waals surface area (Å²) in [7, 11) is 0. The van der Waals surface area contributed by atoms with Gasteiger partial charge in [-0.3, -0.25) is 9.69 Å². The quantitative estimate of drug-likeness (QED) is 0.876. The molecule has 1 aliphatic heterocycles. The number of aliphatic imine (C=N–C) groups is 1. The van der Waals surface area contributed by atoms with Gasteiger partial charge in [-0.05, 0) is 72.9 Å². The maximum atomic E-state index is 13.5. The fraction of sp³-hybridized carbons (Fsp3) is 0.364. The highest BCUT2D eigenvalue weighted by molar-refractivity contribution is 6.08. The highest BCUT2D eigenvalue weighted by Gasteiger charge is 2.59. The van der Waals surface area contributed by atoms with Crippen LogP contribution in [0.25, 0.3) is 11.1 Å². The van der Waals surface area contributed by atoms with Crippen molar-refractivity contribution in [1.29, 1.82) is 0 Å². The number of nitrogens with zero attached hydrogens (tertiary/aromatic N) is 2. The zero-order valence-electron chi connectivity index (χ0n) is 15.1. The maximum Gasteiger partial charge on any atom is 0.262 e. The SMILES string of the molecule is NC1=NC(c2cccc(-c3cccc(O)c3)c2)(C2CC2)C(=O)N1C1CCC1. The number of carbonyl (C=O) groups excluding carboxylic acids is 1. The number of hydrogen-bond acceptors (Lipinski definition) is 4. The third kappa shape index (κ3) is 2.45. The van der Waals surface area contributed by atoms with E-state index in [2.05, 4.69) is 0 Å². The zero-order valence-corrected chi connectivity index (χ0v) is 15.1. The van der Waals surface area contributed by atoms with Crippen LogP contribution >= 0.6 is 0 Å². The summed E-state index contributed by atoms with van der Waals surface area (Å²) in [5, 5.41) is 9.81. The second kappa shape index (κ2) is 5.84. The molecule has 3 aliphatic rings. The van der Waals surface area contributed by atoms with Crippen LogP contribution in [0, 0.1) is 5.92 Å². The number of guanidine groups is 1. The molecule has 0 radical (unpaired) electrons. The van der Waals surface area contributed by atoms with Crippen LogP contribution in [0.3, 0.4) is 0 Å². The van der Waals surface area contributed by atoms with E-state index in [0.717, 1.165) is 48.8 Å². The Bertz CT molecular complexity index is 946. The van der Waals surface area contributed by atoms with Gasteiger partial charge in [-0.2, -0.15) is 0 Å². The zero-order chi connectivity index (χ0) is 18.6. The molecule has 2 aliphatic carbocycles. The van der Waals surface area contributed by atoms with Gasteiger partial charge in [0.25, 0.3) is 5.91 Å². The normalized spacial score (nSPS) is 25.4. The van der Waals surface area contributed by atoms with Gasteiger partial charge in [0.15, 0.2) is 11.5 Å². The molecule has 0 saturated heterocycles. The van der Waals surface area contributed by atoms with Gasteiger partial charge in [0.1, 0.15) is 5.75 Å². The Morgan fingerprint density at radius 2 is 1.74 bits per heavy atom. The van der Waals surface area contributed by atoms with Crippen molar-refractivity contribution in [3.63, 3.8) is 0 Å². The van der Waals surface area contributed by atoms with Crippen LogP contribution in [0.4, 0.5) is 0 Å². The largest absolute Gasteiger partial charge is 0.508 e. The van der Waals surface area contributed by atoms with Crippen molar-refractivity contribution in [2.45, 2.75) is 43.7 Å². The summed E-state index contributed by atoms with van der Waals surface area (Å²) < 4.78 is 0. The second-order valence-electron chi connectivity index (χ2n) is 7.90. The fourth-order valence-electron chi connectivity index (χ4n) is 4.38. The summed E-state index contributed by atoms with van der Waals surface area (Å²) in [5.74, 6) is 0.859. The number of rotatable bonds is 4. The molecule has 5 nitrogen and oxygen atoms in total. The van der Waals surface area contributed by atoms with E-state index in [-0.39, 0.29) is 23.6 Å². The highest BCUT2D eigenvalue weighted by Crippen LogP contribution is 2.53. The minimum absolute atomic E-state index is 0.0419. The van der Waals surface area contributed by atoms with E-state index in [1.54, 1.807) is 17.0 Å². The van der Waals surface area contributed by atoms with Crippen molar-refractivity contribution in [3.8, 4) is 16.9 Å². The lowest BCUT2D eigenvalue weighted by Gasteiger charge is -2.36. The summed E-state index contributed by atoms with van der Waals surface area (Å²) in [6.07, 6.45) is 5.15. The molecule has 1 unspecified atom stereocenters. The molecule has 5 rings (SSSR count). The molecular formula is C22H23N3O2. The molecule has 27 heavy (non-hydrogen) atoms. The van der Waals surface area contributed by atoms with Crippen molar-refractivity contribution in [3.05, 3.63) is 54.1 Å². The Morgan fingerprint density at radius 1 is 1.04 bits per heavy atom.